The van der Waals surface area contributed by atoms with Gasteiger partial charge in [-0.15, -0.1) is 11.8 Å². The third-order valence-corrected chi connectivity index (χ3v) is 4.95. The van der Waals surface area contributed by atoms with Crippen LogP contribution in [0.25, 0.3) is 6.08 Å². The maximum atomic E-state index is 12.0. The van der Waals surface area contributed by atoms with Crippen LogP contribution in [-0.4, -0.2) is 10.5 Å². The molecule has 0 bridgehead atoms. The lowest BCUT2D eigenvalue weighted by Gasteiger charge is -2.38. The number of thioether (sulfide) groups is 1. The Morgan fingerprint density at radius 3 is 3.00 bits per heavy atom. The van der Waals surface area contributed by atoms with E-state index in [1.807, 2.05) is 17.8 Å². The highest BCUT2D eigenvalue weighted by molar-refractivity contribution is 8.01. The van der Waals surface area contributed by atoms with Crippen LogP contribution in [-0.2, 0) is 4.79 Å². The maximum absolute atomic E-state index is 12.0. The van der Waals surface area contributed by atoms with Gasteiger partial charge in [0, 0.05) is 21.6 Å². The molecule has 16 heavy (non-hydrogen) atoms. The van der Waals surface area contributed by atoms with Crippen molar-refractivity contribution in [3.8, 4) is 0 Å². The van der Waals surface area contributed by atoms with Crippen LogP contribution in [0.3, 0.4) is 0 Å². The number of fused-ring (bicyclic) bond motifs is 2. The van der Waals surface area contributed by atoms with Crippen molar-refractivity contribution >= 4 is 23.6 Å². The van der Waals surface area contributed by atoms with Crippen molar-refractivity contribution in [1.29, 1.82) is 0 Å². The molecule has 1 aromatic rings. The van der Waals surface area contributed by atoms with Crippen LogP contribution in [0.2, 0.25) is 0 Å². The highest BCUT2D eigenvalue weighted by atomic mass is 32.2. The molecule has 0 saturated heterocycles. The molecule has 0 amide bonds. The molecule has 1 aliphatic carbocycles. The molecule has 0 aromatic heterocycles. The first-order valence-electron chi connectivity index (χ1n) is 5.72. The molecule has 3 rings (SSSR count). The fourth-order valence-corrected chi connectivity index (χ4v) is 3.99. The van der Waals surface area contributed by atoms with Crippen molar-refractivity contribution in [2.24, 2.45) is 0 Å². The van der Waals surface area contributed by atoms with Gasteiger partial charge < -0.3 is 0 Å². The smallest absolute Gasteiger partial charge is 0.160 e. The highest BCUT2D eigenvalue weighted by Crippen LogP contribution is 2.50. The van der Waals surface area contributed by atoms with Crippen molar-refractivity contribution < 1.29 is 4.79 Å². The van der Waals surface area contributed by atoms with Gasteiger partial charge in [-0.2, -0.15) is 0 Å². The fourth-order valence-electron chi connectivity index (χ4n) is 2.58. The summed E-state index contributed by atoms with van der Waals surface area (Å²) < 4.78 is 0.0175. The summed E-state index contributed by atoms with van der Waals surface area (Å²) >= 11 is 1.86. The molecule has 0 radical (unpaired) electrons. The van der Waals surface area contributed by atoms with Gasteiger partial charge in [0.15, 0.2) is 5.78 Å². The Morgan fingerprint density at radius 2 is 2.12 bits per heavy atom. The minimum Gasteiger partial charge on any atom is -0.294 e. The molecule has 1 aliphatic heterocycles. The first-order valence-corrected chi connectivity index (χ1v) is 6.54. The summed E-state index contributed by atoms with van der Waals surface area (Å²) in [6.07, 6.45) is 4.98. The van der Waals surface area contributed by atoms with Crippen LogP contribution in [0.4, 0.5) is 0 Å². The van der Waals surface area contributed by atoms with Gasteiger partial charge in [0.05, 0.1) is 0 Å². The summed E-state index contributed by atoms with van der Waals surface area (Å²) in [6, 6.07) is 8.35. The number of benzene rings is 1. The Bertz CT molecular complexity index is 489. The normalized spacial score (nSPS) is 28.1. The Labute approximate surface area is 99.9 Å². The third kappa shape index (κ3) is 1.44. The maximum Gasteiger partial charge on any atom is 0.160 e. The molecule has 1 atom stereocenters. The SMILES string of the molecule is CC12CCCC(=O)C1=Cc1ccccc1S2. The molecule has 1 nitrogen and oxygen atoms in total. The number of hydrogen-bond acceptors (Lipinski definition) is 2. The number of ketones is 1. The number of carbonyl (C=O) groups excluding carboxylic acids is 1. The van der Waals surface area contributed by atoms with Gasteiger partial charge in [0.2, 0.25) is 0 Å². The molecule has 1 aromatic carbocycles. The molecule has 0 N–H and O–H groups in total. The van der Waals surface area contributed by atoms with E-state index >= 15 is 0 Å². The molecular formula is C14H14OS. The minimum atomic E-state index is 0.0175. The molecular weight excluding hydrogens is 216 g/mol. The average Bonchev–Trinajstić information content (AvgIpc) is 2.27. The second-order valence-electron chi connectivity index (χ2n) is 4.71. The highest BCUT2D eigenvalue weighted by Gasteiger charge is 2.39. The molecule has 82 valence electrons. The molecule has 1 heterocycles. The van der Waals surface area contributed by atoms with E-state index in [0.717, 1.165) is 24.8 Å². The summed E-state index contributed by atoms with van der Waals surface area (Å²) in [5, 5.41) is 0. The lowest BCUT2D eigenvalue weighted by Crippen LogP contribution is -2.34. The zero-order valence-corrected chi connectivity index (χ0v) is 10.1. The van der Waals surface area contributed by atoms with Crippen molar-refractivity contribution in [3.05, 3.63) is 35.4 Å². The van der Waals surface area contributed by atoms with Crippen molar-refractivity contribution in [1.82, 2.24) is 0 Å². The Balaban J connectivity index is 2.15. The standard InChI is InChI=1S/C14H14OS/c1-14-8-4-6-12(15)11(14)9-10-5-2-3-7-13(10)16-14/h2-3,5,7,9H,4,6,8H2,1H3. The van der Waals surface area contributed by atoms with E-state index in [9.17, 15) is 4.79 Å². The van der Waals surface area contributed by atoms with Gasteiger partial charge in [-0.05, 0) is 37.5 Å². The molecule has 1 fully saturated rings. The van der Waals surface area contributed by atoms with Gasteiger partial charge in [-0.1, -0.05) is 18.2 Å². The lowest BCUT2D eigenvalue weighted by molar-refractivity contribution is -0.116. The van der Waals surface area contributed by atoms with Crippen molar-refractivity contribution in [3.63, 3.8) is 0 Å². The van der Waals surface area contributed by atoms with E-state index in [4.69, 9.17) is 0 Å². The van der Waals surface area contributed by atoms with Crippen LogP contribution in [0, 0.1) is 0 Å². The van der Waals surface area contributed by atoms with Crippen LogP contribution in [0.15, 0.2) is 34.7 Å². The van der Waals surface area contributed by atoms with Gasteiger partial charge in [0.1, 0.15) is 0 Å². The zero-order valence-electron chi connectivity index (χ0n) is 9.32. The number of hydrogen-bond donors (Lipinski definition) is 0. The monoisotopic (exact) mass is 230 g/mol. The minimum absolute atomic E-state index is 0.0175. The van der Waals surface area contributed by atoms with Gasteiger partial charge >= 0.3 is 0 Å². The fraction of sp³-hybridized carbons (Fsp3) is 0.357. The molecule has 2 heteroatoms. The Kier molecular flexibility index (Phi) is 2.21. The second kappa shape index (κ2) is 3.49. The predicted octanol–water partition coefficient (Wildman–Crippen LogP) is 3.69. The Morgan fingerprint density at radius 1 is 1.31 bits per heavy atom. The predicted molar refractivity (Wildman–Crippen MR) is 67.5 cm³/mol. The van der Waals surface area contributed by atoms with Gasteiger partial charge in [-0.25, -0.2) is 0 Å². The van der Waals surface area contributed by atoms with E-state index in [1.165, 1.54) is 10.5 Å². The summed E-state index contributed by atoms with van der Waals surface area (Å²) in [4.78, 5) is 13.3. The van der Waals surface area contributed by atoms with Gasteiger partial charge in [-0.3, -0.25) is 4.79 Å². The van der Waals surface area contributed by atoms with E-state index in [-0.39, 0.29) is 4.75 Å². The van der Waals surface area contributed by atoms with E-state index in [0.29, 0.717) is 5.78 Å². The van der Waals surface area contributed by atoms with Crippen molar-refractivity contribution in [2.75, 3.05) is 0 Å². The number of carbonyl (C=O) groups is 1. The van der Waals surface area contributed by atoms with E-state index in [1.54, 1.807) is 0 Å². The van der Waals surface area contributed by atoms with E-state index < -0.39 is 0 Å². The quantitative estimate of drug-likeness (QED) is 0.676. The summed E-state index contributed by atoms with van der Waals surface area (Å²) in [5.41, 5.74) is 2.23. The molecule has 2 aliphatic rings. The summed E-state index contributed by atoms with van der Waals surface area (Å²) in [5.74, 6) is 0.343. The van der Waals surface area contributed by atoms with Crippen LogP contribution >= 0.6 is 11.8 Å². The number of Topliss-reactive ketones (excluding diaryl/α,β-unsaturated/α-hetero) is 1. The van der Waals surface area contributed by atoms with Crippen LogP contribution < -0.4 is 0 Å². The average molecular weight is 230 g/mol. The molecule has 1 saturated carbocycles. The van der Waals surface area contributed by atoms with Crippen molar-refractivity contribution in [2.45, 2.75) is 35.8 Å². The van der Waals surface area contributed by atoms with Crippen LogP contribution in [0.1, 0.15) is 31.7 Å². The Hall–Kier alpha value is -1.02. The van der Waals surface area contributed by atoms with E-state index in [2.05, 4.69) is 31.2 Å². The molecule has 0 spiro atoms. The lowest BCUT2D eigenvalue weighted by atomic mass is 9.82. The zero-order chi connectivity index (χ0) is 11.2. The second-order valence-corrected chi connectivity index (χ2v) is 6.25. The first kappa shape index (κ1) is 10.2. The molecule has 1 unspecified atom stereocenters. The van der Waals surface area contributed by atoms with Gasteiger partial charge in [0.25, 0.3) is 0 Å². The largest absolute Gasteiger partial charge is 0.294 e. The van der Waals surface area contributed by atoms with Crippen LogP contribution in [0.5, 0.6) is 0 Å². The summed E-state index contributed by atoms with van der Waals surface area (Å²) in [7, 11) is 0. The topological polar surface area (TPSA) is 17.1 Å². The third-order valence-electron chi connectivity index (χ3n) is 3.48. The summed E-state index contributed by atoms with van der Waals surface area (Å²) in [6.45, 7) is 2.20. The first-order chi connectivity index (χ1) is 7.69. The number of rotatable bonds is 0.